The van der Waals surface area contributed by atoms with E-state index in [2.05, 4.69) is 103 Å². The first-order chi connectivity index (χ1) is 43.3. The van der Waals surface area contributed by atoms with E-state index in [1.54, 1.807) is 31.9 Å². The maximum Gasteiger partial charge on any atom is 0.315 e. The number of rotatable bonds is 11. The lowest BCUT2D eigenvalue weighted by atomic mass is 9.91. The van der Waals surface area contributed by atoms with E-state index in [0.29, 0.717) is 37.3 Å². The molecule has 19 heteroatoms. The fourth-order valence-electron chi connectivity index (χ4n) is 8.69. The number of fused-ring (bicyclic) bond motifs is 5. The lowest BCUT2D eigenvalue weighted by molar-refractivity contribution is -0.603. The molecule has 0 saturated carbocycles. The largest absolute Gasteiger partial charge is 0.619 e. The highest BCUT2D eigenvalue weighted by Gasteiger charge is 2.39. The molecule has 1 saturated heterocycles. The molecule has 0 spiro atoms. The number of aromatic nitrogens is 5. The van der Waals surface area contributed by atoms with Crippen LogP contribution in [-0.2, 0) is 44.2 Å². The number of esters is 2. The van der Waals surface area contributed by atoms with Gasteiger partial charge in [0, 0.05) is 83.2 Å². The second kappa shape index (κ2) is 36.4. The minimum Gasteiger partial charge on any atom is -0.619 e. The van der Waals surface area contributed by atoms with Crippen molar-refractivity contribution in [3.05, 3.63) is 241 Å². The van der Waals surface area contributed by atoms with Crippen molar-refractivity contribution < 1.29 is 42.5 Å². The van der Waals surface area contributed by atoms with Crippen LogP contribution in [0.3, 0.4) is 0 Å². The number of amides is 2. The van der Waals surface area contributed by atoms with Crippen molar-refractivity contribution in [1.82, 2.24) is 25.3 Å². The van der Waals surface area contributed by atoms with Crippen LogP contribution in [0.25, 0.3) is 58.7 Å². The van der Waals surface area contributed by atoms with Crippen molar-refractivity contribution in [2.75, 3.05) is 33.2 Å². The molecule has 1 N–H and O–H groups in total. The van der Waals surface area contributed by atoms with E-state index in [9.17, 15) is 24.4 Å². The zero-order valence-corrected chi connectivity index (χ0v) is 54.6. The van der Waals surface area contributed by atoms with Crippen molar-refractivity contribution in [1.29, 1.82) is 5.26 Å². The average molecular weight is 1290 g/mol. The van der Waals surface area contributed by atoms with Gasteiger partial charge in [0.25, 0.3) is 14.3 Å². The Morgan fingerprint density at radius 2 is 1.28 bits per heavy atom. The van der Waals surface area contributed by atoms with E-state index >= 15 is 0 Å². The van der Waals surface area contributed by atoms with E-state index in [4.69, 9.17) is 25.7 Å². The molecule has 0 radical (unpaired) electrons. The van der Waals surface area contributed by atoms with Gasteiger partial charge in [-0.2, -0.15) is 9.99 Å². The highest BCUT2D eigenvalue weighted by atomic mass is 79.9. The van der Waals surface area contributed by atoms with E-state index in [-0.39, 0.29) is 47.7 Å². The lowest BCUT2D eigenvalue weighted by Gasteiger charge is -2.36. The number of imide groups is 1. The fraction of sp³-hybridized carbons (Fsp3) is 0.254. The Balaban J connectivity index is 0.000000196. The van der Waals surface area contributed by atoms with Crippen LogP contribution >= 0.6 is 15.9 Å². The molecule has 5 aromatic heterocycles. The summed E-state index contributed by atoms with van der Waals surface area (Å²) in [4.78, 5) is 66.3. The summed E-state index contributed by atoms with van der Waals surface area (Å²) < 4.78 is 20.8. The van der Waals surface area contributed by atoms with Gasteiger partial charge >= 0.3 is 11.9 Å². The number of carbonyl (C=O) groups excluding carboxylic acids is 4. The SMILES string of the molecule is C=C(OC)O[Si](C)(C)C(C)(C)C.COC(=O)Cc1nccc2ccccc12.N#CCCBr.O=C1CCC(c2nccc3ccccc23)C(=O)N1.[C-]#[N+]CCC(C(=O)OC)c1nccc2ccccc12.[O-][n+]1ccc2ccccc2c1.c1ccc2cnccc2c1. The molecule has 2 unspecified atom stereocenters. The van der Waals surface area contributed by atoms with Gasteiger partial charge in [-0.3, -0.25) is 44.4 Å². The first kappa shape index (κ1) is 70.8. The molecule has 90 heavy (non-hydrogen) atoms. The molecule has 17 nitrogen and oxygen atoms in total. The third-order valence-electron chi connectivity index (χ3n) is 14.4. The van der Waals surface area contributed by atoms with Gasteiger partial charge in [-0.25, -0.2) is 6.57 Å². The molecule has 1 aliphatic heterocycles. The number of hydrogen-bond donors (Lipinski definition) is 1. The first-order valence-electron chi connectivity index (χ1n) is 28.8. The summed E-state index contributed by atoms with van der Waals surface area (Å²) in [5.41, 5.74) is 2.21. The molecule has 464 valence electrons. The summed E-state index contributed by atoms with van der Waals surface area (Å²) in [5.74, 6) is -1.42. The monoisotopic (exact) mass is 1290 g/mol. The predicted molar refractivity (Wildman–Crippen MR) is 360 cm³/mol. The number of piperidine rings is 1. The molecular weight excluding hydrogens is 1220 g/mol. The minimum atomic E-state index is -1.71. The molecule has 0 aliphatic carbocycles. The molecule has 1 fully saturated rings. The molecule has 0 bridgehead atoms. The Morgan fingerprint density at radius 1 is 0.744 bits per heavy atom. The van der Waals surface area contributed by atoms with Crippen LogP contribution in [0, 0.1) is 23.1 Å². The highest BCUT2D eigenvalue weighted by Crippen LogP contribution is 2.38. The standard InChI is InChI=1S/C15H14N2O2.C14H12N2O2.C12H11NO2.C9H7NO.C9H7N.C9H20O2Si.C3H4BrN/c1-16-9-8-13(15(18)19-2)14-12-6-4-3-5-11(12)7-10-17-14;17-12-6-5-11(14(18)16-12)13-10-4-2-1-3-9(10)7-8-15-13;1-15-12(14)8-11-10-5-3-2-4-9(10)6-7-13-11;11-10-6-5-8-3-1-2-4-9(8)7-10;1-2-4-9-7-10-6-5-8(9)3-1;1-8(10-5)11-12(6,7)9(2,3)4;4-2-1-3-5/h3-7,10,13H,8-9H2,2H3;1-4,7-8,11H,5-6H2,(H,16,17,18);2-7H,8H2,1H3;1-7H;1-7H;1H2,2-7H3;1-2H2. The molecular formula is C71H75BrN8O9Si. The van der Waals surface area contributed by atoms with Crippen LogP contribution in [0.1, 0.15) is 75.4 Å². The third-order valence-corrected chi connectivity index (χ3v) is 19.2. The molecule has 11 rings (SSSR count). The van der Waals surface area contributed by atoms with E-state index in [1.165, 1.54) is 31.2 Å². The summed E-state index contributed by atoms with van der Waals surface area (Å²) in [6.07, 6.45) is 14.0. The number of hydrogen-bond acceptors (Lipinski definition) is 14. The number of benzene rings is 5. The number of pyridine rings is 5. The molecule has 2 atom stereocenters. The minimum absolute atomic E-state index is 0.198. The maximum atomic E-state index is 11.9. The number of nitrogens with one attached hydrogen (secondary N) is 1. The quantitative estimate of drug-likeness (QED) is 0.0186. The summed E-state index contributed by atoms with van der Waals surface area (Å²) >= 11 is 3.09. The molecule has 6 heterocycles. The van der Waals surface area contributed by atoms with Gasteiger partial charge in [0.1, 0.15) is 5.92 Å². The number of carbonyl (C=O) groups is 4. The van der Waals surface area contributed by atoms with Crippen LogP contribution in [-0.4, -0.2) is 85.2 Å². The van der Waals surface area contributed by atoms with Gasteiger partial charge in [0.2, 0.25) is 18.4 Å². The van der Waals surface area contributed by atoms with E-state index in [0.717, 1.165) is 64.5 Å². The molecule has 10 aromatic rings. The van der Waals surface area contributed by atoms with Gasteiger partial charge in [0.05, 0.1) is 56.8 Å². The van der Waals surface area contributed by atoms with E-state index in [1.807, 2.05) is 158 Å². The summed E-state index contributed by atoms with van der Waals surface area (Å²) in [7, 11) is 2.61. The number of alkyl halides is 1. The third kappa shape index (κ3) is 21.7. The zero-order valence-electron chi connectivity index (χ0n) is 52.0. The number of ether oxygens (including phenoxy) is 3. The maximum absolute atomic E-state index is 11.9. The molecule has 2 amide bonds. The Hall–Kier alpha value is -9.95. The second-order valence-corrected chi connectivity index (χ2v) is 27.0. The number of halogens is 1. The average Bonchev–Trinajstić information content (AvgIpc) is 1.02. The first-order valence-corrected chi connectivity index (χ1v) is 32.8. The number of methoxy groups -OCH3 is 3. The summed E-state index contributed by atoms with van der Waals surface area (Å²) in [6, 6.07) is 51.0. The zero-order chi connectivity index (χ0) is 65.5. The van der Waals surface area contributed by atoms with Crippen molar-refractivity contribution in [2.24, 2.45) is 0 Å². The summed E-state index contributed by atoms with van der Waals surface area (Å²) in [6.45, 7) is 21.7. The van der Waals surface area contributed by atoms with Gasteiger partial charge in [-0.1, -0.05) is 152 Å². The number of nitrogens with zero attached hydrogens (tertiary/aromatic N) is 7. The van der Waals surface area contributed by atoms with E-state index < -0.39 is 14.2 Å². The molecule has 5 aromatic carbocycles. The Bertz CT molecular complexity index is 4010. The van der Waals surface area contributed by atoms with Crippen molar-refractivity contribution >= 4 is 102 Å². The second-order valence-electron chi connectivity index (χ2n) is 21.5. The van der Waals surface area contributed by atoms with Crippen molar-refractivity contribution in [3.8, 4) is 6.07 Å². The van der Waals surface area contributed by atoms with Gasteiger partial charge in [-0.15, -0.1) is 0 Å². The van der Waals surface area contributed by atoms with Gasteiger partial charge in [0.15, 0.2) is 12.4 Å². The number of nitriles is 1. The van der Waals surface area contributed by atoms with Crippen molar-refractivity contribution in [3.63, 3.8) is 0 Å². The Morgan fingerprint density at radius 3 is 1.83 bits per heavy atom. The predicted octanol–water partition coefficient (Wildman–Crippen LogP) is 14.6. The summed E-state index contributed by atoms with van der Waals surface area (Å²) in [5, 5.41) is 32.6. The smallest absolute Gasteiger partial charge is 0.315 e. The lowest BCUT2D eigenvalue weighted by Crippen LogP contribution is -2.40. The van der Waals surface area contributed by atoms with Crippen LogP contribution < -0.4 is 10.0 Å². The Kier molecular flexibility index (Phi) is 28.6. The Labute approximate surface area is 535 Å². The molecule has 1 aliphatic rings. The topological polar surface area (TPSA) is 224 Å². The van der Waals surface area contributed by atoms with Crippen LogP contribution in [0.5, 0.6) is 0 Å². The van der Waals surface area contributed by atoms with Gasteiger partial charge in [-0.05, 0) is 93.8 Å². The van der Waals surface area contributed by atoms with Crippen LogP contribution in [0.15, 0.2) is 208 Å². The normalized spacial score (nSPS) is 12.5. The van der Waals surface area contributed by atoms with Crippen LogP contribution in [0.2, 0.25) is 18.1 Å². The van der Waals surface area contributed by atoms with Gasteiger partial charge < -0.3 is 28.7 Å². The van der Waals surface area contributed by atoms with Crippen molar-refractivity contribution in [2.45, 2.75) is 82.8 Å². The highest BCUT2D eigenvalue weighted by molar-refractivity contribution is 9.09. The fourth-order valence-corrected chi connectivity index (χ4v) is 9.83. The van der Waals surface area contributed by atoms with Crippen LogP contribution in [0.4, 0.5) is 0 Å².